The van der Waals surface area contributed by atoms with Crippen LogP contribution in [-0.2, 0) is 9.59 Å². The molecular formula is C25H27N3O3. The highest BCUT2D eigenvalue weighted by Gasteiger charge is 2.38. The summed E-state index contributed by atoms with van der Waals surface area (Å²) in [5, 5.41) is 3.20. The summed E-state index contributed by atoms with van der Waals surface area (Å²) in [5.74, 6) is 0.0428. The summed E-state index contributed by atoms with van der Waals surface area (Å²) >= 11 is 0. The van der Waals surface area contributed by atoms with Gasteiger partial charge in [0.2, 0.25) is 0 Å². The van der Waals surface area contributed by atoms with Crippen LogP contribution in [-0.4, -0.2) is 43.0 Å². The second-order valence-corrected chi connectivity index (χ2v) is 7.58. The molecule has 2 aromatic carbocycles. The zero-order valence-corrected chi connectivity index (χ0v) is 17.8. The molecule has 1 fully saturated rings. The lowest BCUT2D eigenvalue weighted by Gasteiger charge is -2.18. The summed E-state index contributed by atoms with van der Waals surface area (Å²) in [7, 11) is 0. The highest BCUT2D eigenvalue weighted by atomic mass is 16.5. The molecule has 2 amide bonds. The van der Waals surface area contributed by atoms with Gasteiger partial charge in [-0.15, -0.1) is 6.58 Å². The van der Waals surface area contributed by atoms with Crippen molar-refractivity contribution in [2.75, 3.05) is 36.5 Å². The van der Waals surface area contributed by atoms with Crippen molar-refractivity contribution < 1.29 is 14.3 Å². The molecule has 160 valence electrons. The molecule has 4 rings (SSSR count). The average molecular weight is 418 g/mol. The molecule has 0 radical (unpaired) electrons. The third-order valence-electron chi connectivity index (χ3n) is 5.54. The first-order valence-corrected chi connectivity index (χ1v) is 10.7. The number of benzene rings is 2. The van der Waals surface area contributed by atoms with Crippen LogP contribution in [0.3, 0.4) is 0 Å². The molecule has 0 saturated carbocycles. The van der Waals surface area contributed by atoms with Gasteiger partial charge in [-0.05, 0) is 61.7 Å². The van der Waals surface area contributed by atoms with Gasteiger partial charge in [0.1, 0.15) is 11.4 Å². The Morgan fingerprint density at radius 1 is 1.00 bits per heavy atom. The first kappa shape index (κ1) is 20.7. The van der Waals surface area contributed by atoms with Crippen molar-refractivity contribution in [2.45, 2.75) is 19.8 Å². The van der Waals surface area contributed by atoms with Crippen LogP contribution in [0, 0.1) is 0 Å². The standard InChI is InChI=1S/C25H27N3O3/c1-3-15-28-24(29)22(18-7-13-21(14-8-18)31-4-2)23(25(28)30)26-19-9-11-20(12-10-19)27-16-5-6-17-27/h3,7-14,26H,1,4-6,15-17H2,2H3. The SMILES string of the molecule is C=CCN1C(=O)C(Nc2ccc(N3CCCC3)cc2)=C(c2ccc(OCC)cc2)C1=O. The van der Waals surface area contributed by atoms with Crippen molar-refractivity contribution in [2.24, 2.45) is 0 Å². The Morgan fingerprint density at radius 3 is 2.29 bits per heavy atom. The highest BCUT2D eigenvalue weighted by Crippen LogP contribution is 2.32. The van der Waals surface area contributed by atoms with Gasteiger partial charge in [0.05, 0.1) is 12.2 Å². The Morgan fingerprint density at radius 2 is 1.68 bits per heavy atom. The summed E-state index contributed by atoms with van der Waals surface area (Å²) in [6, 6.07) is 15.2. The smallest absolute Gasteiger partial charge is 0.278 e. The molecule has 2 aromatic rings. The molecule has 0 unspecified atom stereocenters. The molecular weight excluding hydrogens is 390 g/mol. The predicted octanol–water partition coefficient (Wildman–Crippen LogP) is 4.06. The van der Waals surface area contributed by atoms with Crippen molar-refractivity contribution in [3.05, 3.63) is 72.4 Å². The van der Waals surface area contributed by atoms with E-state index >= 15 is 0 Å². The van der Waals surface area contributed by atoms with Gasteiger partial charge in [0.15, 0.2) is 0 Å². The Bertz CT molecular complexity index is 1000. The summed E-state index contributed by atoms with van der Waals surface area (Å²) in [4.78, 5) is 29.7. The van der Waals surface area contributed by atoms with Gasteiger partial charge in [-0.25, -0.2) is 0 Å². The van der Waals surface area contributed by atoms with Gasteiger partial charge in [0.25, 0.3) is 11.8 Å². The fourth-order valence-electron chi connectivity index (χ4n) is 4.01. The molecule has 1 N–H and O–H groups in total. The van der Waals surface area contributed by atoms with E-state index in [2.05, 4.69) is 16.8 Å². The molecule has 0 spiro atoms. The number of nitrogens with one attached hydrogen (secondary N) is 1. The Balaban J connectivity index is 1.65. The summed E-state index contributed by atoms with van der Waals surface area (Å²) < 4.78 is 5.50. The van der Waals surface area contributed by atoms with Gasteiger partial charge in [-0.1, -0.05) is 18.2 Å². The van der Waals surface area contributed by atoms with E-state index in [0.29, 0.717) is 17.7 Å². The second-order valence-electron chi connectivity index (χ2n) is 7.58. The monoisotopic (exact) mass is 417 g/mol. The van der Waals surface area contributed by atoms with E-state index in [4.69, 9.17) is 4.74 Å². The third-order valence-corrected chi connectivity index (χ3v) is 5.54. The number of imide groups is 1. The van der Waals surface area contributed by atoms with Crippen LogP contribution in [0.15, 0.2) is 66.9 Å². The number of rotatable bonds is 8. The minimum atomic E-state index is -0.350. The third kappa shape index (κ3) is 4.19. The van der Waals surface area contributed by atoms with Gasteiger partial charge >= 0.3 is 0 Å². The largest absolute Gasteiger partial charge is 0.494 e. The number of hydrogen-bond donors (Lipinski definition) is 1. The maximum Gasteiger partial charge on any atom is 0.278 e. The van der Waals surface area contributed by atoms with E-state index in [1.807, 2.05) is 43.3 Å². The molecule has 0 aliphatic carbocycles. The van der Waals surface area contributed by atoms with Gasteiger partial charge < -0.3 is 15.0 Å². The predicted molar refractivity (Wildman–Crippen MR) is 123 cm³/mol. The van der Waals surface area contributed by atoms with Gasteiger partial charge in [-0.3, -0.25) is 14.5 Å². The van der Waals surface area contributed by atoms with Crippen LogP contribution in [0.4, 0.5) is 11.4 Å². The molecule has 2 aliphatic heterocycles. The molecule has 31 heavy (non-hydrogen) atoms. The number of anilines is 2. The van der Waals surface area contributed by atoms with Crippen molar-refractivity contribution in [3.8, 4) is 5.75 Å². The van der Waals surface area contributed by atoms with E-state index < -0.39 is 0 Å². The fraction of sp³-hybridized carbons (Fsp3) is 0.280. The topological polar surface area (TPSA) is 61.9 Å². The van der Waals surface area contributed by atoms with Crippen molar-refractivity contribution in [1.29, 1.82) is 0 Å². The number of nitrogens with zero attached hydrogens (tertiary/aromatic N) is 2. The lowest BCUT2D eigenvalue weighted by molar-refractivity contribution is -0.136. The Hall–Kier alpha value is -3.54. The average Bonchev–Trinajstić information content (AvgIpc) is 3.40. The van der Waals surface area contributed by atoms with Crippen molar-refractivity contribution in [3.63, 3.8) is 0 Å². The molecule has 0 atom stereocenters. The maximum atomic E-state index is 13.1. The lowest BCUT2D eigenvalue weighted by Crippen LogP contribution is -2.32. The molecule has 2 aliphatic rings. The van der Waals surface area contributed by atoms with E-state index in [1.165, 1.54) is 23.4 Å². The number of ether oxygens (including phenoxy) is 1. The normalized spacial score (nSPS) is 16.3. The van der Waals surface area contributed by atoms with Crippen molar-refractivity contribution >= 4 is 28.8 Å². The molecule has 6 nitrogen and oxygen atoms in total. The molecule has 0 bridgehead atoms. The quantitative estimate of drug-likeness (QED) is 0.518. The summed E-state index contributed by atoms with van der Waals surface area (Å²) in [5.41, 5.74) is 3.25. The number of hydrogen-bond acceptors (Lipinski definition) is 5. The van der Waals surface area contributed by atoms with E-state index in [-0.39, 0.29) is 24.1 Å². The maximum absolute atomic E-state index is 13.1. The van der Waals surface area contributed by atoms with Crippen LogP contribution in [0.25, 0.3) is 5.57 Å². The number of carbonyl (C=O) groups is 2. The number of amides is 2. The summed E-state index contributed by atoms with van der Waals surface area (Å²) in [6.07, 6.45) is 3.99. The summed E-state index contributed by atoms with van der Waals surface area (Å²) in [6.45, 7) is 8.46. The van der Waals surface area contributed by atoms with E-state index in [0.717, 1.165) is 24.5 Å². The zero-order valence-electron chi connectivity index (χ0n) is 17.8. The second kappa shape index (κ2) is 9.08. The van der Waals surface area contributed by atoms with Crippen LogP contribution in [0.5, 0.6) is 5.75 Å². The molecule has 0 aromatic heterocycles. The Labute approximate surface area is 182 Å². The minimum Gasteiger partial charge on any atom is -0.494 e. The molecule has 1 saturated heterocycles. The van der Waals surface area contributed by atoms with Crippen molar-refractivity contribution in [1.82, 2.24) is 4.90 Å². The molecule has 6 heteroatoms. The van der Waals surface area contributed by atoms with Gasteiger partial charge in [-0.2, -0.15) is 0 Å². The van der Waals surface area contributed by atoms with E-state index in [1.54, 1.807) is 18.2 Å². The minimum absolute atomic E-state index is 0.164. The molecule has 2 heterocycles. The number of carbonyl (C=O) groups excluding carboxylic acids is 2. The van der Waals surface area contributed by atoms with Crippen LogP contribution < -0.4 is 15.0 Å². The zero-order chi connectivity index (χ0) is 21.8. The van der Waals surface area contributed by atoms with Crippen LogP contribution >= 0.6 is 0 Å². The highest BCUT2D eigenvalue weighted by molar-refractivity contribution is 6.36. The van der Waals surface area contributed by atoms with E-state index in [9.17, 15) is 9.59 Å². The Kier molecular flexibility index (Phi) is 6.07. The fourth-order valence-corrected chi connectivity index (χ4v) is 4.01. The van der Waals surface area contributed by atoms with Crippen LogP contribution in [0.1, 0.15) is 25.3 Å². The van der Waals surface area contributed by atoms with Crippen LogP contribution in [0.2, 0.25) is 0 Å². The van der Waals surface area contributed by atoms with Gasteiger partial charge in [0, 0.05) is 31.0 Å². The first-order valence-electron chi connectivity index (χ1n) is 10.7. The first-order chi connectivity index (χ1) is 15.1. The lowest BCUT2D eigenvalue weighted by atomic mass is 10.0.